The zero-order chi connectivity index (χ0) is 14.5. The van der Waals surface area contributed by atoms with Crippen LogP contribution in [0.5, 0.6) is 0 Å². The van der Waals surface area contributed by atoms with Crippen molar-refractivity contribution in [2.24, 2.45) is 0 Å². The monoisotopic (exact) mass is 282 g/mol. The van der Waals surface area contributed by atoms with Crippen molar-refractivity contribution in [3.8, 4) is 0 Å². The van der Waals surface area contributed by atoms with E-state index in [4.69, 9.17) is 0 Å². The van der Waals surface area contributed by atoms with Gasteiger partial charge >= 0.3 is 6.03 Å². The summed E-state index contributed by atoms with van der Waals surface area (Å²) in [6, 6.07) is 14.2. The standard InChI is InChI=1S/C18H22N2O/c21-18(20-13-6-2-1-3-7-14-20)19-17-12-8-10-15-9-4-5-11-16(15)17/h4-5,8-12H,1-3,6-7,13-14H2,(H,19,21). The first-order chi connectivity index (χ1) is 10.3. The van der Waals surface area contributed by atoms with E-state index in [1.165, 1.54) is 19.3 Å². The first-order valence-corrected chi connectivity index (χ1v) is 7.88. The number of carbonyl (C=O) groups is 1. The molecule has 1 N–H and O–H groups in total. The zero-order valence-corrected chi connectivity index (χ0v) is 12.3. The number of fused-ring (bicyclic) bond motifs is 1. The summed E-state index contributed by atoms with van der Waals surface area (Å²) in [7, 11) is 0. The molecule has 3 nitrogen and oxygen atoms in total. The molecule has 21 heavy (non-hydrogen) atoms. The number of nitrogens with one attached hydrogen (secondary N) is 1. The number of nitrogens with zero attached hydrogens (tertiary/aromatic N) is 1. The van der Waals surface area contributed by atoms with Gasteiger partial charge in [-0.05, 0) is 24.3 Å². The molecule has 0 atom stereocenters. The van der Waals surface area contributed by atoms with E-state index in [0.717, 1.165) is 42.4 Å². The minimum absolute atomic E-state index is 0.0354. The molecule has 1 saturated heterocycles. The fourth-order valence-corrected chi connectivity index (χ4v) is 2.98. The lowest BCUT2D eigenvalue weighted by Crippen LogP contribution is -2.37. The Morgan fingerprint density at radius 1 is 0.857 bits per heavy atom. The van der Waals surface area contributed by atoms with Crippen molar-refractivity contribution in [1.82, 2.24) is 4.90 Å². The molecule has 1 heterocycles. The van der Waals surface area contributed by atoms with Crippen molar-refractivity contribution in [1.29, 1.82) is 0 Å². The number of likely N-dealkylation sites (tertiary alicyclic amines) is 1. The number of carbonyl (C=O) groups excluding carboxylic acids is 1. The predicted octanol–water partition coefficient (Wildman–Crippen LogP) is 4.64. The van der Waals surface area contributed by atoms with Gasteiger partial charge in [0, 0.05) is 18.5 Å². The highest BCUT2D eigenvalue weighted by Gasteiger charge is 2.15. The minimum Gasteiger partial charge on any atom is -0.325 e. The number of anilines is 1. The quantitative estimate of drug-likeness (QED) is 0.812. The largest absolute Gasteiger partial charge is 0.325 e. The molecule has 0 bridgehead atoms. The van der Waals surface area contributed by atoms with Crippen LogP contribution in [-0.2, 0) is 0 Å². The van der Waals surface area contributed by atoms with E-state index >= 15 is 0 Å². The first-order valence-electron chi connectivity index (χ1n) is 7.88. The summed E-state index contributed by atoms with van der Waals surface area (Å²) in [6.07, 6.45) is 6.00. The van der Waals surface area contributed by atoms with Crippen LogP contribution in [0.4, 0.5) is 10.5 Å². The average Bonchev–Trinajstić information content (AvgIpc) is 2.47. The second-order valence-electron chi connectivity index (χ2n) is 5.71. The van der Waals surface area contributed by atoms with Crippen LogP contribution in [0, 0.1) is 0 Å². The van der Waals surface area contributed by atoms with Gasteiger partial charge in [-0.2, -0.15) is 0 Å². The summed E-state index contributed by atoms with van der Waals surface area (Å²) in [6.45, 7) is 1.74. The molecule has 0 spiro atoms. The van der Waals surface area contributed by atoms with Crippen LogP contribution in [0.1, 0.15) is 32.1 Å². The summed E-state index contributed by atoms with van der Waals surface area (Å²) in [5.41, 5.74) is 0.903. The topological polar surface area (TPSA) is 32.3 Å². The van der Waals surface area contributed by atoms with Crippen molar-refractivity contribution in [2.75, 3.05) is 18.4 Å². The molecule has 0 aliphatic carbocycles. The van der Waals surface area contributed by atoms with Gasteiger partial charge in [0.05, 0.1) is 5.69 Å². The van der Waals surface area contributed by atoms with E-state index in [1.807, 2.05) is 29.2 Å². The summed E-state index contributed by atoms with van der Waals surface area (Å²) < 4.78 is 0. The zero-order valence-electron chi connectivity index (χ0n) is 12.3. The van der Waals surface area contributed by atoms with Crippen LogP contribution >= 0.6 is 0 Å². The number of benzene rings is 2. The highest BCUT2D eigenvalue weighted by molar-refractivity contribution is 6.01. The van der Waals surface area contributed by atoms with Gasteiger partial charge < -0.3 is 10.2 Å². The van der Waals surface area contributed by atoms with E-state index in [-0.39, 0.29) is 6.03 Å². The Morgan fingerprint density at radius 3 is 2.33 bits per heavy atom. The normalized spacial score (nSPS) is 16.3. The van der Waals surface area contributed by atoms with Gasteiger partial charge in [-0.15, -0.1) is 0 Å². The molecule has 2 aromatic rings. The Labute approximate surface area is 125 Å². The van der Waals surface area contributed by atoms with Gasteiger partial charge in [0.25, 0.3) is 0 Å². The summed E-state index contributed by atoms with van der Waals surface area (Å²) in [5.74, 6) is 0. The smallest absolute Gasteiger partial charge is 0.321 e. The highest BCUT2D eigenvalue weighted by Crippen LogP contribution is 2.23. The summed E-state index contributed by atoms with van der Waals surface area (Å²) in [5, 5.41) is 5.34. The van der Waals surface area contributed by atoms with Gasteiger partial charge in [0.15, 0.2) is 0 Å². The lowest BCUT2D eigenvalue weighted by atomic mass is 10.1. The molecule has 0 radical (unpaired) electrons. The number of rotatable bonds is 1. The number of hydrogen-bond donors (Lipinski definition) is 1. The van der Waals surface area contributed by atoms with E-state index in [2.05, 4.69) is 23.5 Å². The molecular weight excluding hydrogens is 260 g/mol. The molecule has 1 aliphatic rings. The molecule has 0 unspecified atom stereocenters. The fraction of sp³-hybridized carbons (Fsp3) is 0.389. The van der Waals surface area contributed by atoms with E-state index in [1.54, 1.807) is 0 Å². The maximum atomic E-state index is 12.5. The number of hydrogen-bond acceptors (Lipinski definition) is 1. The number of amides is 2. The second kappa shape index (κ2) is 6.61. The molecule has 110 valence electrons. The Kier molecular flexibility index (Phi) is 4.39. The van der Waals surface area contributed by atoms with Crippen LogP contribution in [0.2, 0.25) is 0 Å². The summed E-state index contributed by atoms with van der Waals surface area (Å²) >= 11 is 0. The van der Waals surface area contributed by atoms with Gasteiger partial charge in [0.1, 0.15) is 0 Å². The van der Waals surface area contributed by atoms with Crippen molar-refractivity contribution in [3.05, 3.63) is 42.5 Å². The lowest BCUT2D eigenvalue weighted by Gasteiger charge is -2.25. The number of urea groups is 1. The minimum atomic E-state index is 0.0354. The predicted molar refractivity (Wildman–Crippen MR) is 87.6 cm³/mol. The maximum Gasteiger partial charge on any atom is 0.321 e. The van der Waals surface area contributed by atoms with Crippen LogP contribution in [-0.4, -0.2) is 24.0 Å². The molecule has 1 aliphatic heterocycles. The Bertz CT molecular complexity index is 610. The second-order valence-corrected chi connectivity index (χ2v) is 5.71. The van der Waals surface area contributed by atoms with E-state index < -0.39 is 0 Å². The third kappa shape index (κ3) is 3.35. The SMILES string of the molecule is O=C(Nc1cccc2ccccc12)N1CCCCCCC1. The maximum absolute atomic E-state index is 12.5. The van der Waals surface area contributed by atoms with Crippen LogP contribution < -0.4 is 5.32 Å². The molecular formula is C18H22N2O. The lowest BCUT2D eigenvalue weighted by molar-refractivity contribution is 0.206. The van der Waals surface area contributed by atoms with Gasteiger partial charge in [-0.25, -0.2) is 4.79 Å². The molecule has 2 aromatic carbocycles. The Morgan fingerprint density at radius 2 is 1.52 bits per heavy atom. The van der Waals surface area contributed by atoms with Gasteiger partial charge in [-0.1, -0.05) is 55.7 Å². The van der Waals surface area contributed by atoms with E-state index in [9.17, 15) is 4.79 Å². The summed E-state index contributed by atoms with van der Waals surface area (Å²) in [4.78, 5) is 14.5. The van der Waals surface area contributed by atoms with Crippen molar-refractivity contribution >= 4 is 22.5 Å². The molecule has 3 heteroatoms. The van der Waals surface area contributed by atoms with Crippen molar-refractivity contribution in [2.45, 2.75) is 32.1 Å². The third-order valence-corrected chi connectivity index (χ3v) is 4.17. The Hall–Kier alpha value is -2.03. The third-order valence-electron chi connectivity index (χ3n) is 4.17. The molecule has 1 fully saturated rings. The Balaban J connectivity index is 1.76. The van der Waals surface area contributed by atoms with Crippen LogP contribution in [0.25, 0.3) is 10.8 Å². The van der Waals surface area contributed by atoms with Gasteiger partial charge in [-0.3, -0.25) is 0 Å². The fourth-order valence-electron chi connectivity index (χ4n) is 2.98. The van der Waals surface area contributed by atoms with E-state index in [0.29, 0.717) is 0 Å². The molecule has 0 aromatic heterocycles. The molecule has 3 rings (SSSR count). The average molecular weight is 282 g/mol. The molecule has 2 amide bonds. The first kappa shape index (κ1) is 13.9. The van der Waals surface area contributed by atoms with Crippen molar-refractivity contribution < 1.29 is 4.79 Å². The highest BCUT2D eigenvalue weighted by atomic mass is 16.2. The van der Waals surface area contributed by atoms with Crippen molar-refractivity contribution in [3.63, 3.8) is 0 Å². The van der Waals surface area contributed by atoms with Crippen LogP contribution in [0.15, 0.2) is 42.5 Å². The molecule has 0 saturated carbocycles. The van der Waals surface area contributed by atoms with Gasteiger partial charge in [0.2, 0.25) is 0 Å². The van der Waals surface area contributed by atoms with Crippen LogP contribution in [0.3, 0.4) is 0 Å².